The molecule has 0 saturated heterocycles. The SMILES string of the molecule is CNCc1cccc(Oc2cc(Br)cc(F)c2F)n1. The van der Waals surface area contributed by atoms with Gasteiger partial charge in [0.2, 0.25) is 11.7 Å². The lowest BCUT2D eigenvalue weighted by atomic mass is 10.3. The summed E-state index contributed by atoms with van der Waals surface area (Å²) in [6, 6.07) is 7.51. The molecule has 0 bridgehead atoms. The fourth-order valence-corrected chi connectivity index (χ4v) is 1.92. The third kappa shape index (κ3) is 3.48. The lowest BCUT2D eigenvalue weighted by molar-refractivity contribution is 0.403. The zero-order valence-corrected chi connectivity index (χ0v) is 11.7. The van der Waals surface area contributed by atoms with Gasteiger partial charge in [-0.25, -0.2) is 9.37 Å². The Kier molecular flexibility index (Phi) is 4.44. The van der Waals surface area contributed by atoms with E-state index in [4.69, 9.17) is 4.74 Å². The summed E-state index contributed by atoms with van der Waals surface area (Å²) < 4.78 is 32.5. The number of hydrogen-bond acceptors (Lipinski definition) is 3. The second kappa shape index (κ2) is 6.08. The summed E-state index contributed by atoms with van der Waals surface area (Å²) in [5, 5.41) is 2.95. The van der Waals surface area contributed by atoms with Gasteiger partial charge in [0.05, 0.1) is 5.69 Å². The summed E-state index contributed by atoms with van der Waals surface area (Å²) in [4.78, 5) is 4.17. The zero-order valence-electron chi connectivity index (χ0n) is 10.1. The maximum absolute atomic E-state index is 13.6. The average molecular weight is 329 g/mol. The van der Waals surface area contributed by atoms with Gasteiger partial charge in [0.15, 0.2) is 11.6 Å². The number of rotatable bonds is 4. The van der Waals surface area contributed by atoms with Crippen molar-refractivity contribution in [3.8, 4) is 11.6 Å². The number of nitrogens with zero attached hydrogens (tertiary/aromatic N) is 1. The molecule has 3 nitrogen and oxygen atoms in total. The Labute approximate surface area is 117 Å². The van der Waals surface area contributed by atoms with Gasteiger partial charge in [-0.2, -0.15) is 4.39 Å². The van der Waals surface area contributed by atoms with Crippen molar-refractivity contribution in [2.75, 3.05) is 7.05 Å². The Balaban J connectivity index is 2.28. The largest absolute Gasteiger partial charge is 0.436 e. The minimum Gasteiger partial charge on any atom is -0.436 e. The van der Waals surface area contributed by atoms with E-state index in [-0.39, 0.29) is 11.6 Å². The quantitative estimate of drug-likeness (QED) is 0.870. The summed E-state index contributed by atoms with van der Waals surface area (Å²) in [5.41, 5.74) is 0.746. The van der Waals surface area contributed by atoms with Gasteiger partial charge in [0, 0.05) is 17.1 Å². The van der Waals surface area contributed by atoms with Crippen LogP contribution in [0.4, 0.5) is 8.78 Å². The average Bonchev–Trinajstić information content (AvgIpc) is 2.36. The van der Waals surface area contributed by atoms with E-state index in [1.54, 1.807) is 25.2 Å². The highest BCUT2D eigenvalue weighted by molar-refractivity contribution is 9.10. The Morgan fingerprint density at radius 3 is 2.84 bits per heavy atom. The molecular weight excluding hydrogens is 318 g/mol. The van der Waals surface area contributed by atoms with E-state index < -0.39 is 11.6 Å². The highest BCUT2D eigenvalue weighted by Crippen LogP contribution is 2.28. The van der Waals surface area contributed by atoms with E-state index in [0.717, 1.165) is 11.8 Å². The van der Waals surface area contributed by atoms with Crippen molar-refractivity contribution < 1.29 is 13.5 Å². The maximum Gasteiger partial charge on any atom is 0.219 e. The Bertz CT molecular complexity index is 593. The molecule has 0 fully saturated rings. The zero-order chi connectivity index (χ0) is 13.8. The van der Waals surface area contributed by atoms with Crippen molar-refractivity contribution in [2.45, 2.75) is 6.54 Å². The normalized spacial score (nSPS) is 10.5. The molecule has 1 aromatic heterocycles. The first-order chi connectivity index (χ1) is 9.10. The molecule has 0 spiro atoms. The molecule has 0 radical (unpaired) electrons. The number of halogens is 3. The van der Waals surface area contributed by atoms with E-state index in [1.165, 1.54) is 6.07 Å². The maximum atomic E-state index is 13.6. The van der Waals surface area contributed by atoms with Gasteiger partial charge in [0.1, 0.15) is 0 Å². The standard InChI is InChI=1S/C13H11BrF2N2O/c1-17-7-9-3-2-4-12(18-9)19-11-6-8(14)5-10(15)13(11)16/h2-6,17H,7H2,1H3. The predicted molar refractivity (Wildman–Crippen MR) is 71.1 cm³/mol. The van der Waals surface area contributed by atoms with E-state index in [9.17, 15) is 8.78 Å². The van der Waals surface area contributed by atoms with Gasteiger partial charge >= 0.3 is 0 Å². The molecule has 0 aliphatic carbocycles. The third-order valence-corrected chi connectivity index (χ3v) is 2.77. The minimum absolute atomic E-state index is 0.207. The molecule has 19 heavy (non-hydrogen) atoms. The molecular formula is C13H11BrF2N2O. The van der Waals surface area contributed by atoms with E-state index in [0.29, 0.717) is 11.0 Å². The molecule has 0 unspecified atom stereocenters. The summed E-state index contributed by atoms with van der Waals surface area (Å²) in [6.07, 6.45) is 0. The van der Waals surface area contributed by atoms with Crippen LogP contribution < -0.4 is 10.1 Å². The van der Waals surface area contributed by atoms with E-state index in [2.05, 4.69) is 26.2 Å². The van der Waals surface area contributed by atoms with Crippen molar-refractivity contribution in [1.82, 2.24) is 10.3 Å². The lowest BCUT2D eigenvalue weighted by Crippen LogP contribution is -2.07. The molecule has 6 heteroatoms. The van der Waals surface area contributed by atoms with Crippen molar-refractivity contribution in [1.29, 1.82) is 0 Å². The number of aromatic nitrogens is 1. The van der Waals surface area contributed by atoms with Gasteiger partial charge in [-0.05, 0) is 25.2 Å². The monoisotopic (exact) mass is 328 g/mol. The first kappa shape index (κ1) is 13.9. The molecule has 1 aromatic carbocycles. The molecule has 0 aliphatic heterocycles. The second-order valence-corrected chi connectivity index (χ2v) is 4.71. The molecule has 0 amide bonds. The fourth-order valence-electron chi connectivity index (χ4n) is 1.51. The molecule has 100 valence electrons. The molecule has 0 atom stereocenters. The molecule has 0 aliphatic rings. The third-order valence-electron chi connectivity index (χ3n) is 2.31. The Morgan fingerprint density at radius 1 is 1.32 bits per heavy atom. The van der Waals surface area contributed by atoms with Crippen LogP contribution in [-0.2, 0) is 6.54 Å². The minimum atomic E-state index is -1.04. The molecule has 2 rings (SSSR count). The number of pyridine rings is 1. The number of ether oxygens (including phenoxy) is 1. The molecule has 1 heterocycles. The smallest absolute Gasteiger partial charge is 0.219 e. The molecule has 0 saturated carbocycles. The van der Waals surface area contributed by atoms with Gasteiger partial charge in [-0.15, -0.1) is 0 Å². The molecule has 1 N–H and O–H groups in total. The van der Waals surface area contributed by atoms with Gasteiger partial charge < -0.3 is 10.1 Å². The van der Waals surface area contributed by atoms with Crippen molar-refractivity contribution >= 4 is 15.9 Å². The second-order valence-electron chi connectivity index (χ2n) is 3.80. The predicted octanol–water partition coefficient (Wildman–Crippen LogP) is 3.63. The lowest BCUT2D eigenvalue weighted by Gasteiger charge is -2.08. The van der Waals surface area contributed by atoms with Gasteiger partial charge in [-0.3, -0.25) is 0 Å². The Hall–Kier alpha value is -1.53. The van der Waals surface area contributed by atoms with Crippen LogP contribution in [0.25, 0.3) is 0 Å². The highest BCUT2D eigenvalue weighted by atomic mass is 79.9. The van der Waals surface area contributed by atoms with Crippen LogP contribution in [0.15, 0.2) is 34.8 Å². The topological polar surface area (TPSA) is 34.1 Å². The summed E-state index contributed by atoms with van der Waals surface area (Å²) in [7, 11) is 1.79. The summed E-state index contributed by atoms with van der Waals surface area (Å²) in [5.74, 6) is -2.01. The first-order valence-electron chi connectivity index (χ1n) is 5.53. The van der Waals surface area contributed by atoms with Crippen molar-refractivity contribution in [2.24, 2.45) is 0 Å². The van der Waals surface area contributed by atoms with E-state index >= 15 is 0 Å². The fraction of sp³-hybridized carbons (Fsp3) is 0.154. The van der Waals surface area contributed by atoms with Crippen LogP contribution in [0.3, 0.4) is 0 Å². The van der Waals surface area contributed by atoms with Crippen LogP contribution in [0, 0.1) is 11.6 Å². The van der Waals surface area contributed by atoms with Gasteiger partial charge in [0.25, 0.3) is 0 Å². The Morgan fingerprint density at radius 2 is 2.11 bits per heavy atom. The highest BCUT2D eigenvalue weighted by Gasteiger charge is 2.12. The van der Waals surface area contributed by atoms with Crippen molar-refractivity contribution in [3.05, 3.63) is 52.1 Å². The summed E-state index contributed by atoms with van der Waals surface area (Å²) >= 11 is 3.08. The van der Waals surface area contributed by atoms with Crippen LogP contribution >= 0.6 is 15.9 Å². The van der Waals surface area contributed by atoms with Gasteiger partial charge in [-0.1, -0.05) is 22.0 Å². The van der Waals surface area contributed by atoms with Crippen LogP contribution in [-0.4, -0.2) is 12.0 Å². The van der Waals surface area contributed by atoms with Crippen LogP contribution in [0.1, 0.15) is 5.69 Å². The van der Waals surface area contributed by atoms with Crippen molar-refractivity contribution in [3.63, 3.8) is 0 Å². The molecule has 2 aromatic rings. The van der Waals surface area contributed by atoms with E-state index in [1.807, 2.05) is 0 Å². The van der Waals surface area contributed by atoms with Crippen LogP contribution in [0.2, 0.25) is 0 Å². The number of benzene rings is 1. The first-order valence-corrected chi connectivity index (χ1v) is 6.32. The number of nitrogens with one attached hydrogen (secondary N) is 1. The number of hydrogen-bond donors (Lipinski definition) is 1. The summed E-state index contributed by atoms with van der Waals surface area (Å²) in [6.45, 7) is 0.562. The van der Waals surface area contributed by atoms with Crippen LogP contribution in [0.5, 0.6) is 11.6 Å².